The summed E-state index contributed by atoms with van der Waals surface area (Å²) in [7, 11) is 1.61. The third kappa shape index (κ3) is 3.00. The molecule has 1 aliphatic carbocycles. The van der Waals surface area contributed by atoms with Crippen molar-refractivity contribution in [2.45, 2.75) is 43.9 Å². The maximum atomic E-state index is 13.8. The van der Waals surface area contributed by atoms with E-state index in [2.05, 4.69) is 21.2 Å². The molecule has 1 saturated heterocycles. The molecule has 10 nitrogen and oxygen atoms in total. The van der Waals surface area contributed by atoms with Gasteiger partial charge in [-0.15, -0.1) is 0 Å². The van der Waals surface area contributed by atoms with Crippen molar-refractivity contribution in [3.8, 4) is 17.6 Å². The van der Waals surface area contributed by atoms with Crippen molar-refractivity contribution >= 4 is 28.2 Å². The summed E-state index contributed by atoms with van der Waals surface area (Å²) in [6, 6.07) is 5.56. The normalized spacial score (nSPS) is 19.4. The first kappa shape index (κ1) is 20.4. The van der Waals surface area contributed by atoms with Crippen LogP contribution in [0.15, 0.2) is 27.8 Å². The summed E-state index contributed by atoms with van der Waals surface area (Å²) in [5.41, 5.74) is 1.03. The van der Waals surface area contributed by atoms with E-state index in [9.17, 15) is 10.1 Å². The van der Waals surface area contributed by atoms with Crippen LogP contribution < -0.4 is 5.56 Å². The Labute approximate surface area is 192 Å². The lowest BCUT2D eigenvalue weighted by Gasteiger charge is -2.17. The molecule has 4 aromatic rings. The summed E-state index contributed by atoms with van der Waals surface area (Å²) in [6.07, 6.45) is 4.76. The first-order valence-electron chi connectivity index (χ1n) is 10.7. The molecule has 168 valence electrons. The van der Waals surface area contributed by atoms with Gasteiger partial charge in [-0.2, -0.15) is 10.2 Å². The number of nitrogens with zero attached hydrogens (tertiary/aromatic N) is 6. The SMILES string of the molecule is COC1(c2nc(-c3ncn4c3c(=O)n(CC3CCCO3)c3c(C#N)c(Cl)ccc34)no2)CC1. The smallest absolute Gasteiger partial charge is 0.277 e. The standard InChI is InChI=1S/C22H19ClN6O4/c1-31-22(6-7-22)21-26-19(27-33-21)16-18-20(30)28(10-12-3-2-8-32-12)17-13(9-24)14(23)4-5-15(17)29(18)11-25-16/h4-5,11-12H,2-3,6-8,10H2,1H3. The molecule has 2 aliphatic rings. The lowest BCUT2D eigenvalue weighted by Crippen LogP contribution is -2.29. The minimum absolute atomic E-state index is 0.126. The first-order chi connectivity index (χ1) is 16.1. The molecule has 0 radical (unpaired) electrons. The predicted molar refractivity (Wildman–Crippen MR) is 117 cm³/mol. The molecule has 0 amide bonds. The highest BCUT2D eigenvalue weighted by atomic mass is 35.5. The van der Waals surface area contributed by atoms with Crippen LogP contribution in [0.25, 0.3) is 28.1 Å². The van der Waals surface area contributed by atoms with Gasteiger partial charge in [-0.3, -0.25) is 9.20 Å². The number of methoxy groups -OCH3 is 1. The lowest BCUT2D eigenvalue weighted by molar-refractivity contribution is 0.0492. The zero-order valence-electron chi connectivity index (χ0n) is 17.7. The van der Waals surface area contributed by atoms with E-state index in [1.165, 1.54) is 6.33 Å². The summed E-state index contributed by atoms with van der Waals surface area (Å²) >= 11 is 6.32. The zero-order chi connectivity index (χ0) is 22.7. The lowest BCUT2D eigenvalue weighted by atomic mass is 10.1. The number of hydrogen-bond donors (Lipinski definition) is 0. The molecule has 0 bridgehead atoms. The number of ether oxygens (including phenoxy) is 2. The molecule has 6 rings (SSSR count). The quantitative estimate of drug-likeness (QED) is 0.440. The summed E-state index contributed by atoms with van der Waals surface area (Å²) in [6.45, 7) is 0.950. The Morgan fingerprint density at radius 3 is 2.91 bits per heavy atom. The Morgan fingerprint density at radius 2 is 2.21 bits per heavy atom. The first-order valence-corrected chi connectivity index (χ1v) is 11.1. The van der Waals surface area contributed by atoms with E-state index in [1.807, 2.05) is 0 Å². The molecule has 4 heterocycles. The Morgan fingerprint density at radius 1 is 1.36 bits per heavy atom. The third-order valence-electron chi connectivity index (χ3n) is 6.49. The van der Waals surface area contributed by atoms with E-state index < -0.39 is 5.60 Å². The van der Waals surface area contributed by atoms with Crippen LogP contribution in [0.1, 0.15) is 37.1 Å². The molecule has 1 atom stereocenters. The highest BCUT2D eigenvalue weighted by molar-refractivity contribution is 6.32. The number of halogens is 1. The number of hydrogen-bond acceptors (Lipinski definition) is 8. The van der Waals surface area contributed by atoms with Crippen molar-refractivity contribution in [1.82, 2.24) is 24.1 Å². The summed E-state index contributed by atoms with van der Waals surface area (Å²) in [4.78, 5) is 22.8. The van der Waals surface area contributed by atoms with Gasteiger partial charge in [0.05, 0.1) is 34.3 Å². The van der Waals surface area contributed by atoms with Crippen molar-refractivity contribution in [2.75, 3.05) is 13.7 Å². The van der Waals surface area contributed by atoms with Crippen LogP contribution in [0.2, 0.25) is 5.02 Å². The molecule has 1 unspecified atom stereocenters. The van der Waals surface area contributed by atoms with Crippen LogP contribution in [0, 0.1) is 11.3 Å². The van der Waals surface area contributed by atoms with Crippen molar-refractivity contribution in [2.24, 2.45) is 0 Å². The van der Waals surface area contributed by atoms with Gasteiger partial charge in [0, 0.05) is 13.7 Å². The minimum atomic E-state index is -0.550. The largest absolute Gasteiger partial charge is 0.376 e. The average Bonchev–Trinajstić information content (AvgIpc) is 3.23. The second-order valence-electron chi connectivity index (χ2n) is 8.39. The van der Waals surface area contributed by atoms with Gasteiger partial charge in [0.1, 0.15) is 29.2 Å². The van der Waals surface area contributed by atoms with Gasteiger partial charge in [0.15, 0.2) is 0 Å². The van der Waals surface area contributed by atoms with E-state index >= 15 is 0 Å². The molecular weight excluding hydrogens is 448 g/mol. The Kier molecular flexibility index (Phi) is 4.55. The highest BCUT2D eigenvalue weighted by Crippen LogP contribution is 2.48. The van der Waals surface area contributed by atoms with Crippen molar-refractivity contribution in [1.29, 1.82) is 5.26 Å². The fourth-order valence-corrected chi connectivity index (χ4v) is 4.74. The van der Waals surface area contributed by atoms with Crippen molar-refractivity contribution in [3.63, 3.8) is 0 Å². The van der Waals surface area contributed by atoms with Crippen LogP contribution in [-0.4, -0.2) is 43.9 Å². The molecule has 1 aliphatic heterocycles. The van der Waals surface area contributed by atoms with Gasteiger partial charge < -0.3 is 18.6 Å². The molecule has 1 saturated carbocycles. The number of nitriles is 1. The van der Waals surface area contributed by atoms with Gasteiger partial charge in [-0.1, -0.05) is 16.8 Å². The fourth-order valence-electron chi connectivity index (χ4n) is 4.55. The molecule has 2 fully saturated rings. The van der Waals surface area contributed by atoms with Gasteiger partial charge in [-0.25, -0.2) is 4.98 Å². The zero-order valence-corrected chi connectivity index (χ0v) is 18.5. The van der Waals surface area contributed by atoms with Gasteiger partial charge >= 0.3 is 0 Å². The summed E-state index contributed by atoms with van der Waals surface area (Å²) < 4.78 is 20.0. The summed E-state index contributed by atoms with van der Waals surface area (Å²) in [5.74, 6) is 0.589. The number of rotatable bonds is 5. The number of fused-ring (bicyclic) bond motifs is 3. The second kappa shape index (κ2) is 7.38. The van der Waals surface area contributed by atoms with Crippen molar-refractivity contribution < 1.29 is 14.0 Å². The molecule has 0 spiro atoms. The van der Waals surface area contributed by atoms with E-state index in [0.717, 1.165) is 25.7 Å². The molecule has 3 aromatic heterocycles. The average molecular weight is 467 g/mol. The molecule has 0 N–H and O–H groups in total. The maximum Gasteiger partial charge on any atom is 0.277 e. The second-order valence-corrected chi connectivity index (χ2v) is 8.79. The predicted octanol–water partition coefficient (Wildman–Crippen LogP) is 3.04. The van der Waals surface area contributed by atoms with E-state index in [1.54, 1.807) is 28.2 Å². The van der Waals surface area contributed by atoms with Crippen LogP contribution in [0.4, 0.5) is 0 Å². The molecule has 1 aromatic carbocycles. The molecular formula is C22H19ClN6O4. The minimum Gasteiger partial charge on any atom is -0.376 e. The van der Waals surface area contributed by atoms with Gasteiger partial charge in [-0.05, 0) is 37.8 Å². The van der Waals surface area contributed by atoms with E-state index in [0.29, 0.717) is 41.3 Å². The van der Waals surface area contributed by atoms with Crippen molar-refractivity contribution in [3.05, 3.63) is 45.3 Å². The van der Waals surface area contributed by atoms with Crippen LogP contribution in [0.5, 0.6) is 0 Å². The van der Waals surface area contributed by atoms with Gasteiger partial charge in [0.2, 0.25) is 5.82 Å². The Hall–Kier alpha value is -3.26. The van der Waals surface area contributed by atoms with Gasteiger partial charge in [0.25, 0.3) is 11.4 Å². The van der Waals surface area contributed by atoms with E-state index in [4.69, 9.17) is 25.6 Å². The van der Waals surface area contributed by atoms with Crippen LogP contribution >= 0.6 is 11.6 Å². The van der Waals surface area contributed by atoms with Crippen LogP contribution in [0.3, 0.4) is 0 Å². The van der Waals surface area contributed by atoms with Crippen LogP contribution in [-0.2, 0) is 21.6 Å². The number of benzene rings is 1. The highest BCUT2D eigenvalue weighted by Gasteiger charge is 2.50. The maximum absolute atomic E-state index is 13.8. The topological polar surface area (TPSA) is 120 Å². The molecule has 11 heteroatoms. The fraction of sp³-hybridized carbons (Fsp3) is 0.409. The monoisotopic (exact) mass is 466 g/mol. The Bertz CT molecular complexity index is 1500. The number of imidazole rings is 1. The number of aromatic nitrogens is 5. The third-order valence-corrected chi connectivity index (χ3v) is 6.81. The Balaban J connectivity index is 1.61. The molecule has 33 heavy (non-hydrogen) atoms. The van der Waals surface area contributed by atoms with E-state index in [-0.39, 0.29) is 28.1 Å². The summed E-state index contributed by atoms with van der Waals surface area (Å²) in [5, 5.41) is 14.2.